The Morgan fingerprint density at radius 3 is 2.59 bits per heavy atom. The van der Waals surface area contributed by atoms with Gasteiger partial charge in [0.15, 0.2) is 0 Å². The van der Waals surface area contributed by atoms with Crippen LogP contribution < -0.4 is 14.7 Å². The first-order chi connectivity index (χ1) is 20.1. The summed E-state index contributed by atoms with van der Waals surface area (Å²) in [6.45, 7) is 8.80. The lowest BCUT2D eigenvalue weighted by molar-refractivity contribution is -0.125. The second-order valence-electron chi connectivity index (χ2n) is 11.4. The van der Waals surface area contributed by atoms with Crippen molar-refractivity contribution in [3.8, 4) is 0 Å². The molecule has 222 valence electrons. The van der Waals surface area contributed by atoms with Gasteiger partial charge < -0.3 is 24.4 Å². The van der Waals surface area contributed by atoms with Crippen molar-refractivity contribution >= 4 is 29.3 Å². The van der Waals surface area contributed by atoms with Crippen molar-refractivity contribution in [3.63, 3.8) is 0 Å². The number of aromatic nitrogens is 2. The molecule has 2 aromatic heterocycles. The number of aliphatic hydroxyl groups excluding tert-OH is 1. The molecule has 0 atom stereocenters. The summed E-state index contributed by atoms with van der Waals surface area (Å²) in [5, 5.41) is 8.92. The normalized spacial score (nSPS) is 18.9. The van der Waals surface area contributed by atoms with Gasteiger partial charge in [0.2, 0.25) is 5.91 Å². The number of ether oxygens (including phenoxy) is 2. The van der Waals surface area contributed by atoms with E-state index < -0.39 is 0 Å². The summed E-state index contributed by atoms with van der Waals surface area (Å²) in [5.41, 5.74) is 3.05. The Hall–Kier alpha value is -3.01. The van der Waals surface area contributed by atoms with Crippen LogP contribution in [0.4, 0.5) is 17.3 Å². The topological polar surface area (TPSA) is 91.3 Å². The molecule has 3 aliphatic rings. The SMILES string of the molecule is Cc1cc(C=CCOCCO)cc(N(CC2CCN(c3ccc(N4CCCC4)nc3)CC2)C(=O)C2CCOCC2)n1. The van der Waals surface area contributed by atoms with Crippen molar-refractivity contribution in [2.24, 2.45) is 11.8 Å². The molecular weight excluding hydrogens is 518 g/mol. The van der Waals surface area contributed by atoms with Gasteiger partial charge >= 0.3 is 0 Å². The van der Waals surface area contributed by atoms with Crippen molar-refractivity contribution < 1.29 is 19.4 Å². The lowest BCUT2D eigenvalue weighted by Gasteiger charge is -2.37. The van der Waals surface area contributed by atoms with Gasteiger partial charge in [0.05, 0.1) is 31.7 Å². The number of carbonyl (C=O) groups excluding carboxylic acids is 1. The molecule has 3 aliphatic heterocycles. The summed E-state index contributed by atoms with van der Waals surface area (Å²) in [4.78, 5) is 30.2. The predicted molar refractivity (Wildman–Crippen MR) is 162 cm³/mol. The molecule has 0 unspecified atom stereocenters. The first kappa shape index (κ1) is 29.5. The van der Waals surface area contributed by atoms with E-state index in [4.69, 9.17) is 24.5 Å². The number of hydrogen-bond acceptors (Lipinski definition) is 8. The molecule has 0 bridgehead atoms. The number of piperidine rings is 1. The highest BCUT2D eigenvalue weighted by Crippen LogP contribution is 2.29. The average Bonchev–Trinajstić information content (AvgIpc) is 3.55. The maximum atomic E-state index is 13.9. The minimum Gasteiger partial charge on any atom is -0.394 e. The van der Waals surface area contributed by atoms with E-state index in [-0.39, 0.29) is 18.4 Å². The Morgan fingerprint density at radius 2 is 1.88 bits per heavy atom. The van der Waals surface area contributed by atoms with Gasteiger partial charge in [0.25, 0.3) is 0 Å². The van der Waals surface area contributed by atoms with Crippen LogP contribution in [0.5, 0.6) is 0 Å². The summed E-state index contributed by atoms with van der Waals surface area (Å²) in [5.74, 6) is 2.34. The van der Waals surface area contributed by atoms with Crippen molar-refractivity contribution in [2.45, 2.75) is 45.4 Å². The fourth-order valence-corrected chi connectivity index (χ4v) is 6.10. The van der Waals surface area contributed by atoms with Gasteiger partial charge in [0.1, 0.15) is 11.6 Å². The van der Waals surface area contributed by atoms with Crippen molar-refractivity contribution in [1.82, 2.24) is 9.97 Å². The lowest BCUT2D eigenvalue weighted by Crippen LogP contribution is -2.44. The van der Waals surface area contributed by atoms with Crippen molar-refractivity contribution in [1.29, 1.82) is 0 Å². The van der Waals surface area contributed by atoms with Crippen LogP contribution in [-0.2, 0) is 14.3 Å². The molecule has 0 saturated carbocycles. The Balaban J connectivity index is 1.25. The second kappa shape index (κ2) is 14.8. The van der Waals surface area contributed by atoms with Crippen LogP contribution in [-0.4, -0.2) is 86.7 Å². The highest BCUT2D eigenvalue weighted by Gasteiger charge is 2.31. The average molecular weight is 564 g/mol. The van der Waals surface area contributed by atoms with Crippen LogP contribution in [0.25, 0.3) is 6.08 Å². The number of hydrogen-bond donors (Lipinski definition) is 1. The van der Waals surface area contributed by atoms with Gasteiger partial charge in [-0.25, -0.2) is 9.97 Å². The van der Waals surface area contributed by atoms with Gasteiger partial charge in [-0.15, -0.1) is 0 Å². The van der Waals surface area contributed by atoms with Crippen molar-refractivity contribution in [2.75, 3.05) is 80.5 Å². The van der Waals surface area contributed by atoms with E-state index in [2.05, 4.69) is 21.9 Å². The Labute approximate surface area is 244 Å². The molecule has 9 heteroatoms. The summed E-state index contributed by atoms with van der Waals surface area (Å²) in [6.07, 6.45) is 12.0. The molecule has 5 heterocycles. The molecule has 2 aromatic rings. The summed E-state index contributed by atoms with van der Waals surface area (Å²) in [6, 6.07) is 8.40. The molecule has 0 radical (unpaired) electrons. The van der Waals surface area contributed by atoms with E-state index in [1.165, 1.54) is 18.5 Å². The first-order valence-electron chi connectivity index (χ1n) is 15.3. The smallest absolute Gasteiger partial charge is 0.231 e. The first-order valence-corrected chi connectivity index (χ1v) is 15.3. The predicted octanol–water partition coefficient (Wildman–Crippen LogP) is 4.08. The van der Waals surface area contributed by atoms with E-state index in [1.807, 2.05) is 42.3 Å². The molecule has 3 fully saturated rings. The van der Waals surface area contributed by atoms with Crippen LogP contribution >= 0.6 is 0 Å². The number of aliphatic hydroxyl groups is 1. The Kier molecular flexibility index (Phi) is 10.6. The van der Waals surface area contributed by atoms with Crippen molar-refractivity contribution in [3.05, 3.63) is 47.8 Å². The van der Waals surface area contributed by atoms with E-state index >= 15 is 0 Å². The van der Waals surface area contributed by atoms with Crippen LogP contribution in [0.2, 0.25) is 0 Å². The van der Waals surface area contributed by atoms with E-state index in [9.17, 15) is 4.79 Å². The minimum atomic E-state index is -0.0304. The molecule has 0 spiro atoms. The molecular formula is C32H45N5O4. The highest BCUT2D eigenvalue weighted by atomic mass is 16.5. The van der Waals surface area contributed by atoms with Gasteiger partial charge in [-0.2, -0.15) is 0 Å². The Bertz CT molecular complexity index is 1140. The maximum absolute atomic E-state index is 13.9. The minimum absolute atomic E-state index is 0.0104. The lowest BCUT2D eigenvalue weighted by atomic mass is 9.93. The van der Waals surface area contributed by atoms with Crippen LogP contribution in [0.1, 0.15) is 49.8 Å². The number of carbonyl (C=O) groups is 1. The number of aryl methyl sites for hydroxylation is 1. The molecule has 1 N–H and O–H groups in total. The van der Waals surface area contributed by atoms with Crippen LogP contribution in [0.3, 0.4) is 0 Å². The number of rotatable bonds is 11. The quantitative estimate of drug-likeness (QED) is 0.409. The largest absolute Gasteiger partial charge is 0.394 e. The van der Waals surface area contributed by atoms with Gasteiger partial charge in [0, 0.05) is 57.5 Å². The zero-order valence-corrected chi connectivity index (χ0v) is 24.4. The molecule has 0 aliphatic carbocycles. The molecule has 0 aromatic carbocycles. The van der Waals surface area contributed by atoms with Gasteiger partial charge in [-0.05, 0) is 81.2 Å². The zero-order valence-electron chi connectivity index (χ0n) is 24.4. The summed E-state index contributed by atoms with van der Waals surface area (Å²) < 4.78 is 10.9. The van der Waals surface area contributed by atoms with Gasteiger partial charge in [-0.1, -0.05) is 12.2 Å². The summed E-state index contributed by atoms with van der Waals surface area (Å²) >= 11 is 0. The third kappa shape index (κ3) is 8.05. The number of anilines is 3. The number of amides is 1. The van der Waals surface area contributed by atoms with Crippen LogP contribution in [0, 0.1) is 18.8 Å². The standard InChI is InChI=1S/C32H45N5O4/c1-25-21-27(5-4-17-40-20-16-38)22-31(34-25)37(32(39)28-10-18-41-19-11-28)24-26-8-14-35(15-9-26)29-6-7-30(33-23-29)36-12-2-3-13-36/h4-7,21-23,26,28,38H,2-3,8-20,24H2,1H3. The Morgan fingerprint density at radius 1 is 1.10 bits per heavy atom. The van der Waals surface area contributed by atoms with E-state index in [0.717, 1.165) is 74.8 Å². The maximum Gasteiger partial charge on any atom is 0.231 e. The fraction of sp³-hybridized carbons (Fsp3) is 0.594. The molecule has 9 nitrogen and oxygen atoms in total. The molecule has 3 saturated heterocycles. The third-order valence-electron chi connectivity index (χ3n) is 8.42. The number of pyridine rings is 2. The summed E-state index contributed by atoms with van der Waals surface area (Å²) in [7, 11) is 0. The van der Waals surface area contributed by atoms with Gasteiger partial charge in [-0.3, -0.25) is 9.69 Å². The molecule has 41 heavy (non-hydrogen) atoms. The highest BCUT2D eigenvalue weighted by molar-refractivity contribution is 5.94. The third-order valence-corrected chi connectivity index (χ3v) is 8.42. The zero-order chi connectivity index (χ0) is 28.4. The number of nitrogens with zero attached hydrogens (tertiary/aromatic N) is 5. The molecule has 1 amide bonds. The fourth-order valence-electron chi connectivity index (χ4n) is 6.10. The molecule has 5 rings (SSSR count). The second-order valence-corrected chi connectivity index (χ2v) is 11.4. The van der Waals surface area contributed by atoms with E-state index in [0.29, 0.717) is 38.9 Å². The van der Waals surface area contributed by atoms with E-state index in [1.54, 1.807) is 0 Å². The monoisotopic (exact) mass is 563 g/mol. The van der Waals surface area contributed by atoms with Crippen LogP contribution in [0.15, 0.2) is 36.5 Å².